The van der Waals surface area contributed by atoms with Crippen LogP contribution in [0.4, 0.5) is 21.0 Å². The summed E-state index contributed by atoms with van der Waals surface area (Å²) in [5.41, 5.74) is 13.3. The van der Waals surface area contributed by atoms with Crippen molar-refractivity contribution in [1.29, 1.82) is 0 Å². The van der Waals surface area contributed by atoms with Gasteiger partial charge in [0.1, 0.15) is 28.2 Å². The predicted octanol–water partition coefficient (Wildman–Crippen LogP) is 3.76. The molecule has 0 bridgehead atoms. The molecule has 0 spiro atoms. The third kappa shape index (κ3) is 4.08. The Hall–Kier alpha value is -4.05. The molecule has 0 unspecified atom stereocenters. The van der Waals surface area contributed by atoms with Crippen LogP contribution >= 0.6 is 11.3 Å². The molecule has 2 heterocycles. The Kier molecular flexibility index (Phi) is 5.69. The van der Waals surface area contributed by atoms with Crippen LogP contribution in [0.5, 0.6) is 0 Å². The summed E-state index contributed by atoms with van der Waals surface area (Å²) in [5, 5.41) is 4.21. The summed E-state index contributed by atoms with van der Waals surface area (Å²) in [6.45, 7) is 1.58. The molecule has 0 saturated heterocycles. The van der Waals surface area contributed by atoms with Crippen LogP contribution in [0.2, 0.25) is 0 Å². The number of hydrogen-bond donors (Lipinski definition) is 2. The van der Waals surface area contributed by atoms with Gasteiger partial charge in [0.25, 0.3) is 0 Å². The van der Waals surface area contributed by atoms with Crippen LogP contribution in [0.25, 0.3) is 11.3 Å². The predicted molar refractivity (Wildman–Crippen MR) is 119 cm³/mol. The molecule has 0 aliphatic rings. The van der Waals surface area contributed by atoms with Gasteiger partial charge in [-0.05, 0) is 31.2 Å². The number of amides is 1. The third-order valence-electron chi connectivity index (χ3n) is 4.76. The summed E-state index contributed by atoms with van der Waals surface area (Å²) in [6.07, 6.45) is 0. The SMILES string of the molecule is C[C@@H](C(N)=O)N(c1ccc(F)cc1)c1nc(N)c(C(=O)c2cc(-c3ccccc3)no2)s1. The average Bonchev–Trinajstić information content (AvgIpc) is 3.43. The minimum absolute atomic E-state index is 0.00188. The number of rotatable bonds is 7. The molecule has 1 atom stereocenters. The van der Waals surface area contributed by atoms with Gasteiger partial charge in [-0.2, -0.15) is 0 Å². The topological polar surface area (TPSA) is 128 Å². The number of carbonyl (C=O) groups is 2. The number of nitrogens with zero attached hydrogens (tertiary/aromatic N) is 3. The van der Waals surface area contributed by atoms with Crippen molar-refractivity contribution in [2.75, 3.05) is 10.6 Å². The Morgan fingerprint density at radius 1 is 1.12 bits per heavy atom. The molecule has 0 fully saturated rings. The van der Waals surface area contributed by atoms with Gasteiger partial charge in [0.15, 0.2) is 5.13 Å². The number of nitrogens with two attached hydrogens (primary N) is 2. The first-order valence-electron chi connectivity index (χ1n) is 9.52. The summed E-state index contributed by atoms with van der Waals surface area (Å²) < 4.78 is 18.6. The molecule has 8 nitrogen and oxygen atoms in total. The Morgan fingerprint density at radius 2 is 1.81 bits per heavy atom. The van der Waals surface area contributed by atoms with E-state index < -0.39 is 23.5 Å². The van der Waals surface area contributed by atoms with Gasteiger partial charge in [-0.25, -0.2) is 9.37 Å². The first-order chi connectivity index (χ1) is 15.3. The molecule has 0 saturated carbocycles. The molecule has 10 heteroatoms. The molecule has 1 amide bonds. The summed E-state index contributed by atoms with van der Waals surface area (Å²) >= 11 is 0.971. The van der Waals surface area contributed by atoms with Gasteiger partial charge in [0, 0.05) is 17.3 Å². The quantitative estimate of drug-likeness (QED) is 0.409. The van der Waals surface area contributed by atoms with Crippen molar-refractivity contribution in [1.82, 2.24) is 10.1 Å². The zero-order chi connectivity index (χ0) is 22.8. The van der Waals surface area contributed by atoms with E-state index >= 15 is 0 Å². The molecule has 4 rings (SSSR count). The maximum Gasteiger partial charge on any atom is 0.244 e. The van der Waals surface area contributed by atoms with Crippen molar-refractivity contribution in [2.45, 2.75) is 13.0 Å². The number of ketones is 1. The standard InChI is InChI=1S/C22H18FN5O3S/c1-12(21(25)30)28(15-9-7-14(23)8-10-15)22-26-20(24)19(32-22)18(29)17-11-16(27-31-17)13-5-3-2-4-6-13/h2-12H,24H2,1H3,(H2,25,30)/t12-/m0/s1. The minimum Gasteiger partial charge on any atom is -0.382 e. The second kappa shape index (κ2) is 8.60. The van der Waals surface area contributed by atoms with E-state index in [2.05, 4.69) is 10.1 Å². The molecular formula is C22H18FN5O3S. The molecule has 0 radical (unpaired) electrons. The zero-order valence-corrected chi connectivity index (χ0v) is 17.7. The van der Waals surface area contributed by atoms with E-state index in [1.807, 2.05) is 30.3 Å². The second-order valence-electron chi connectivity index (χ2n) is 6.91. The molecule has 2 aromatic heterocycles. The summed E-state index contributed by atoms with van der Waals surface area (Å²) in [5.74, 6) is -1.58. The monoisotopic (exact) mass is 451 g/mol. The lowest BCUT2D eigenvalue weighted by Crippen LogP contribution is -2.39. The van der Waals surface area contributed by atoms with E-state index in [-0.39, 0.29) is 21.6 Å². The molecule has 4 N–H and O–H groups in total. The van der Waals surface area contributed by atoms with E-state index in [9.17, 15) is 14.0 Å². The highest BCUT2D eigenvalue weighted by Gasteiger charge is 2.28. The van der Waals surface area contributed by atoms with Crippen molar-refractivity contribution in [3.05, 3.63) is 77.1 Å². The first kappa shape index (κ1) is 21.2. The number of halogens is 1. The van der Waals surface area contributed by atoms with Gasteiger partial charge in [-0.3, -0.25) is 9.59 Å². The maximum absolute atomic E-state index is 13.4. The Labute approximate surface area is 186 Å². The molecule has 0 aliphatic heterocycles. The van der Waals surface area contributed by atoms with E-state index in [0.29, 0.717) is 11.4 Å². The van der Waals surface area contributed by atoms with Gasteiger partial charge >= 0.3 is 0 Å². The van der Waals surface area contributed by atoms with Crippen molar-refractivity contribution >= 4 is 39.7 Å². The Balaban J connectivity index is 1.69. The number of aromatic nitrogens is 2. The van der Waals surface area contributed by atoms with E-state index in [4.69, 9.17) is 16.0 Å². The number of nitrogen functional groups attached to an aromatic ring is 1. The van der Waals surface area contributed by atoms with Gasteiger partial charge in [0.2, 0.25) is 17.5 Å². The molecule has 0 aliphatic carbocycles. The highest BCUT2D eigenvalue weighted by molar-refractivity contribution is 7.18. The highest BCUT2D eigenvalue weighted by Crippen LogP contribution is 2.36. The van der Waals surface area contributed by atoms with Gasteiger partial charge in [-0.15, -0.1) is 0 Å². The number of anilines is 3. The maximum atomic E-state index is 13.4. The van der Waals surface area contributed by atoms with Crippen LogP contribution in [0.15, 0.2) is 65.2 Å². The number of thiazole rings is 1. The van der Waals surface area contributed by atoms with Crippen LogP contribution in [0.1, 0.15) is 22.4 Å². The smallest absolute Gasteiger partial charge is 0.244 e. The third-order valence-corrected chi connectivity index (χ3v) is 5.83. The largest absolute Gasteiger partial charge is 0.382 e. The van der Waals surface area contributed by atoms with Crippen molar-refractivity contribution < 1.29 is 18.5 Å². The lowest BCUT2D eigenvalue weighted by atomic mass is 10.1. The molecule has 162 valence electrons. The van der Waals surface area contributed by atoms with Crippen LogP contribution in [-0.4, -0.2) is 27.9 Å². The van der Waals surface area contributed by atoms with Crippen LogP contribution in [0, 0.1) is 5.82 Å². The summed E-state index contributed by atoms with van der Waals surface area (Å²) in [4.78, 5) is 30.8. The van der Waals surface area contributed by atoms with Gasteiger partial charge in [0.05, 0.1) is 0 Å². The van der Waals surface area contributed by atoms with E-state index in [1.165, 1.54) is 35.2 Å². The van der Waals surface area contributed by atoms with Crippen LogP contribution < -0.4 is 16.4 Å². The minimum atomic E-state index is -0.830. The van der Waals surface area contributed by atoms with Gasteiger partial charge in [-0.1, -0.05) is 46.8 Å². The molecule has 4 aromatic rings. The lowest BCUT2D eigenvalue weighted by molar-refractivity contribution is -0.118. The average molecular weight is 451 g/mol. The number of primary amides is 1. The zero-order valence-electron chi connectivity index (χ0n) is 16.9. The van der Waals surface area contributed by atoms with E-state index in [1.54, 1.807) is 6.92 Å². The van der Waals surface area contributed by atoms with Crippen molar-refractivity contribution in [3.8, 4) is 11.3 Å². The van der Waals surface area contributed by atoms with Gasteiger partial charge < -0.3 is 20.9 Å². The lowest BCUT2D eigenvalue weighted by Gasteiger charge is -2.26. The fourth-order valence-corrected chi connectivity index (χ4v) is 4.09. The Bertz CT molecular complexity index is 1270. The number of benzene rings is 2. The summed E-state index contributed by atoms with van der Waals surface area (Å²) in [6, 6.07) is 15.4. The first-order valence-corrected chi connectivity index (χ1v) is 10.3. The van der Waals surface area contributed by atoms with Crippen LogP contribution in [-0.2, 0) is 4.79 Å². The van der Waals surface area contributed by atoms with Crippen LogP contribution in [0.3, 0.4) is 0 Å². The normalized spacial score (nSPS) is 11.8. The van der Waals surface area contributed by atoms with Crippen molar-refractivity contribution in [2.24, 2.45) is 5.73 Å². The highest BCUT2D eigenvalue weighted by atomic mass is 32.1. The number of carbonyl (C=O) groups excluding carboxylic acids is 2. The molecular weight excluding hydrogens is 433 g/mol. The fraction of sp³-hybridized carbons (Fsp3) is 0.0909. The number of hydrogen-bond acceptors (Lipinski definition) is 8. The fourth-order valence-electron chi connectivity index (χ4n) is 3.05. The molecule has 2 aromatic carbocycles. The second-order valence-corrected chi connectivity index (χ2v) is 7.88. The van der Waals surface area contributed by atoms with E-state index in [0.717, 1.165) is 16.9 Å². The molecule has 32 heavy (non-hydrogen) atoms. The Morgan fingerprint density at radius 3 is 2.47 bits per heavy atom. The van der Waals surface area contributed by atoms with Crippen molar-refractivity contribution in [3.63, 3.8) is 0 Å². The summed E-state index contributed by atoms with van der Waals surface area (Å²) in [7, 11) is 0.